The number of rotatable bonds is 29. The smallest absolute Gasteiger partial charge is 0.303 e. The van der Waals surface area contributed by atoms with Crippen LogP contribution in [0.1, 0.15) is 78.4 Å². The van der Waals surface area contributed by atoms with Gasteiger partial charge in [0.1, 0.15) is 47.8 Å². The number of hydrogen-bond donors (Lipinski definition) is 7. The van der Waals surface area contributed by atoms with Crippen molar-refractivity contribution in [3.63, 3.8) is 0 Å². The number of ketones is 2. The zero-order valence-electron chi connectivity index (χ0n) is 36.4. The van der Waals surface area contributed by atoms with Gasteiger partial charge in [-0.1, -0.05) is 25.6 Å². The van der Waals surface area contributed by atoms with Gasteiger partial charge in [0.15, 0.2) is 22.8 Å². The number of carboxylic acids is 2. The SMILES string of the molecule is CC(=O)CC(=O)CCCC(=O)O.CC(C)(COP(=O)([O-])OP(=O)([O-])OCC1OC(n2cnc3c(N)ncnc32)C(O)C1OP(=O)([O-])[O-])C(O)C(=O)NCCC(=O)NCCSC(=O)CCCC(=O)O. The van der Waals surface area contributed by atoms with Crippen LogP contribution in [0.3, 0.4) is 0 Å². The Bertz CT molecular complexity index is 2240. The van der Waals surface area contributed by atoms with Crippen LogP contribution in [0.15, 0.2) is 12.7 Å². The third kappa shape index (κ3) is 22.1. The van der Waals surface area contributed by atoms with E-state index in [4.69, 9.17) is 20.7 Å². The molecule has 2 aromatic rings. The van der Waals surface area contributed by atoms with E-state index in [-0.39, 0.29) is 97.5 Å². The Morgan fingerprint density at radius 1 is 0.912 bits per heavy atom. The van der Waals surface area contributed by atoms with Gasteiger partial charge in [-0.3, -0.25) is 47.3 Å². The highest BCUT2D eigenvalue weighted by Crippen LogP contribution is 2.56. The van der Waals surface area contributed by atoms with E-state index in [0.717, 1.165) is 29.0 Å². The molecule has 8 N–H and O–H groups in total. The summed E-state index contributed by atoms with van der Waals surface area (Å²) >= 11 is 0.917. The summed E-state index contributed by atoms with van der Waals surface area (Å²) in [5.74, 6) is -3.71. The quantitative estimate of drug-likeness (QED) is 0.0245. The molecule has 1 saturated heterocycles. The van der Waals surface area contributed by atoms with Crippen molar-refractivity contribution in [2.45, 2.75) is 103 Å². The monoisotopic (exact) mass is 1050 g/mol. The van der Waals surface area contributed by atoms with Gasteiger partial charge in [-0.15, -0.1) is 0 Å². The molecule has 68 heavy (non-hydrogen) atoms. The van der Waals surface area contributed by atoms with Crippen LogP contribution in [-0.4, -0.2) is 137 Å². The molecule has 0 aliphatic carbocycles. The number of nitrogens with two attached hydrogens (primary N) is 1. The maximum atomic E-state index is 12.5. The average Bonchev–Trinajstić information content (AvgIpc) is 3.77. The number of nitrogen functional groups attached to an aromatic ring is 1. The number of thioether (sulfide) groups is 1. The molecule has 3 heterocycles. The third-order valence-corrected chi connectivity index (χ3v) is 12.8. The third-order valence-electron chi connectivity index (χ3n) is 8.80. The minimum Gasteiger partial charge on any atom is -0.790 e. The summed E-state index contributed by atoms with van der Waals surface area (Å²) in [6.07, 6.45) is -7.19. The summed E-state index contributed by atoms with van der Waals surface area (Å²) in [6.45, 7) is 1.22. The van der Waals surface area contributed by atoms with Gasteiger partial charge in [0.2, 0.25) is 11.8 Å². The van der Waals surface area contributed by atoms with E-state index in [0.29, 0.717) is 6.42 Å². The number of hydrogen-bond acceptors (Lipinski definition) is 26. The number of carbonyl (C=O) groups is 7. The van der Waals surface area contributed by atoms with Gasteiger partial charge in [-0.25, -0.2) is 19.3 Å². The number of anilines is 1. The molecule has 2 aromatic heterocycles. The first-order valence-electron chi connectivity index (χ1n) is 19.9. The van der Waals surface area contributed by atoms with E-state index in [1.807, 2.05) is 0 Å². The number of aliphatic hydroxyl groups is 2. The van der Waals surface area contributed by atoms with Crippen molar-refractivity contribution in [1.82, 2.24) is 30.2 Å². The second-order valence-electron chi connectivity index (χ2n) is 15.1. The van der Waals surface area contributed by atoms with E-state index in [2.05, 4.69) is 43.5 Å². The Morgan fingerprint density at radius 3 is 2.13 bits per heavy atom. The highest BCUT2D eigenvalue weighted by Gasteiger charge is 2.47. The Hall–Kier alpha value is -4.16. The van der Waals surface area contributed by atoms with Gasteiger partial charge in [0.25, 0.3) is 15.6 Å². The summed E-state index contributed by atoms with van der Waals surface area (Å²) < 4.78 is 60.3. The molecule has 1 aliphatic rings. The number of amides is 2. The van der Waals surface area contributed by atoms with E-state index in [1.54, 1.807) is 0 Å². The standard InChI is InChI=1S/C26H42N7O19P3S.C8H12O4/c1-26(2,21(39)24(40)29-7-6-15(34)28-8-9-56-17(37)5-3-4-16(35)36)11-49-55(46,47)52-54(44,45)48-10-14-20(51-53(41,42)43)19(38)25(50-14)33-13-32-18-22(27)30-12-31-23(18)33;1-6(9)5-7(10)3-2-4-8(11)12/h12-14,19-21,25,38-39H,3-11H2,1-2H3,(H,28,34)(H,29,40)(H,35,36)(H,44,45)(H,46,47)(H2,27,30,31)(H2,41,42,43);2-5H2,1H3,(H,11,12)/p-4. The van der Waals surface area contributed by atoms with Crippen LogP contribution in [0, 0.1) is 5.41 Å². The predicted octanol–water partition coefficient (Wildman–Crippen LogP) is -2.82. The largest absolute Gasteiger partial charge is 0.790 e. The molecule has 0 spiro atoms. The lowest BCUT2D eigenvalue weighted by Gasteiger charge is -2.36. The molecule has 384 valence electrons. The molecule has 0 radical (unpaired) electrons. The number of Topliss-reactive ketones (excluding diaryl/α,β-unsaturated/α-hetero) is 2. The van der Waals surface area contributed by atoms with Gasteiger partial charge in [-0.2, -0.15) is 0 Å². The minimum absolute atomic E-state index is 0.0103. The maximum Gasteiger partial charge on any atom is 0.303 e. The number of nitrogens with one attached hydrogen (secondary N) is 2. The van der Waals surface area contributed by atoms with Crippen molar-refractivity contribution in [3.8, 4) is 0 Å². The fraction of sp³-hybridized carbons (Fsp3) is 0.647. The van der Waals surface area contributed by atoms with Crippen molar-refractivity contribution in [3.05, 3.63) is 12.7 Å². The van der Waals surface area contributed by atoms with Gasteiger partial charge >= 0.3 is 11.9 Å². The second kappa shape index (κ2) is 27.3. The second-order valence-corrected chi connectivity index (χ2v) is 20.3. The van der Waals surface area contributed by atoms with Crippen LogP contribution in [0.4, 0.5) is 5.82 Å². The zero-order valence-corrected chi connectivity index (χ0v) is 39.9. The number of aliphatic hydroxyl groups excluding tert-OH is 2. The summed E-state index contributed by atoms with van der Waals surface area (Å²) in [5.41, 5.74) is 4.01. The van der Waals surface area contributed by atoms with Crippen molar-refractivity contribution in [2.75, 3.05) is 37.8 Å². The number of nitrogens with zero attached hydrogens (tertiary/aromatic N) is 4. The van der Waals surface area contributed by atoms with Crippen LogP contribution < -0.4 is 35.9 Å². The normalized spacial score (nSPS) is 19.4. The number of imidazole rings is 1. The Kier molecular flexibility index (Phi) is 24.1. The highest BCUT2D eigenvalue weighted by atomic mass is 32.2. The summed E-state index contributed by atoms with van der Waals surface area (Å²) in [4.78, 5) is 137. The van der Waals surface area contributed by atoms with Gasteiger partial charge in [-0.05, 0) is 19.8 Å². The molecule has 0 bridgehead atoms. The first-order chi connectivity index (χ1) is 31.4. The molecule has 7 atom stereocenters. The molecule has 7 unspecified atom stereocenters. The fourth-order valence-corrected chi connectivity index (χ4v) is 8.99. The number of carbonyl (C=O) groups excluding carboxylic acids is 5. The Labute approximate surface area is 390 Å². The number of aromatic nitrogens is 4. The zero-order chi connectivity index (χ0) is 51.6. The Morgan fingerprint density at radius 2 is 1.53 bits per heavy atom. The molecule has 34 heteroatoms. The predicted molar refractivity (Wildman–Crippen MR) is 222 cm³/mol. The first kappa shape index (κ1) is 60.0. The van der Waals surface area contributed by atoms with Gasteiger partial charge < -0.3 is 79.2 Å². The van der Waals surface area contributed by atoms with Crippen LogP contribution in [0.25, 0.3) is 11.2 Å². The number of carboxylic acid groups (broad SMARTS) is 2. The van der Waals surface area contributed by atoms with Crippen molar-refractivity contribution in [1.29, 1.82) is 0 Å². The van der Waals surface area contributed by atoms with Crippen LogP contribution >= 0.6 is 35.2 Å². The number of aliphatic carboxylic acids is 2. The van der Waals surface area contributed by atoms with E-state index in [9.17, 15) is 77.0 Å². The number of fused-ring (bicyclic) bond motifs is 1. The molecule has 2 amide bonds. The van der Waals surface area contributed by atoms with Crippen LogP contribution in [0.5, 0.6) is 0 Å². The van der Waals surface area contributed by atoms with Gasteiger partial charge in [0.05, 0.1) is 33.8 Å². The molecule has 3 rings (SSSR count). The van der Waals surface area contributed by atoms with E-state index in [1.165, 1.54) is 20.8 Å². The molecule has 1 aliphatic heterocycles. The van der Waals surface area contributed by atoms with E-state index < -0.39 is 96.5 Å². The highest BCUT2D eigenvalue weighted by molar-refractivity contribution is 8.13. The lowest BCUT2D eigenvalue weighted by Crippen LogP contribution is -2.46. The van der Waals surface area contributed by atoms with Crippen molar-refractivity contribution in [2.24, 2.45) is 5.41 Å². The molecule has 0 saturated carbocycles. The van der Waals surface area contributed by atoms with E-state index >= 15 is 0 Å². The van der Waals surface area contributed by atoms with Crippen molar-refractivity contribution < 1.29 is 110 Å². The van der Waals surface area contributed by atoms with Crippen LogP contribution in [-0.2, 0) is 69.9 Å². The number of ether oxygens (including phenoxy) is 1. The Balaban J connectivity index is 0.00000116. The number of phosphoric ester groups is 3. The summed E-state index contributed by atoms with van der Waals surface area (Å²) in [5, 5.41) is 42.6. The summed E-state index contributed by atoms with van der Waals surface area (Å²) in [6, 6.07) is 0. The molecule has 30 nitrogen and oxygen atoms in total. The van der Waals surface area contributed by atoms with Gasteiger partial charge in [0, 0.05) is 56.4 Å². The topological polar surface area (TPSA) is 484 Å². The molecular formula is C34H50N7O23P3S-4. The minimum atomic E-state index is -5.93. The number of phosphoric acid groups is 3. The first-order valence-corrected chi connectivity index (χ1v) is 25.2. The summed E-state index contributed by atoms with van der Waals surface area (Å²) in [7, 11) is -17.6. The molecule has 0 aromatic carbocycles. The average molecular weight is 1050 g/mol. The van der Waals surface area contributed by atoms with Crippen LogP contribution in [0.2, 0.25) is 0 Å². The lowest BCUT2D eigenvalue weighted by molar-refractivity contribution is -0.347. The molecule has 1 fully saturated rings. The lowest BCUT2D eigenvalue weighted by atomic mass is 9.87. The maximum absolute atomic E-state index is 12.5. The fourth-order valence-electron chi connectivity index (χ4n) is 5.53. The van der Waals surface area contributed by atoms with Crippen molar-refractivity contribution >= 4 is 92.6 Å². The molecular weight excluding hydrogens is 999 g/mol.